The maximum Gasteiger partial charge on any atom is 0.0446 e. The molecule has 0 unspecified atom stereocenters. The summed E-state index contributed by atoms with van der Waals surface area (Å²) in [7, 11) is 0. The predicted octanol–water partition coefficient (Wildman–Crippen LogP) is 4.22. The number of benzene rings is 1. The van der Waals surface area contributed by atoms with E-state index >= 15 is 0 Å². The van der Waals surface area contributed by atoms with Crippen molar-refractivity contribution >= 4 is 17.7 Å². The highest BCUT2D eigenvalue weighted by Gasteiger charge is 2.10. The number of rotatable bonds is 5. The Morgan fingerprint density at radius 1 is 1.31 bits per heavy atom. The Bertz CT molecular complexity index is 354. The van der Waals surface area contributed by atoms with Crippen LogP contribution in [0.15, 0.2) is 24.3 Å². The number of hydrogen-bond acceptors (Lipinski definition) is 1. The van der Waals surface area contributed by atoms with Gasteiger partial charge in [-0.25, -0.2) is 0 Å². The quantitative estimate of drug-likeness (QED) is 0.816. The van der Waals surface area contributed by atoms with Crippen LogP contribution in [0, 0.1) is 0 Å². The van der Waals surface area contributed by atoms with E-state index in [0.717, 1.165) is 23.4 Å². The summed E-state index contributed by atoms with van der Waals surface area (Å²) in [6.45, 7) is 4.96. The molecular formula is C14H20ClN. The highest BCUT2D eigenvalue weighted by Crippen LogP contribution is 2.30. The summed E-state index contributed by atoms with van der Waals surface area (Å²) < 4.78 is 0. The fraction of sp³-hybridized carbons (Fsp3) is 0.429. The lowest BCUT2D eigenvalue weighted by atomic mass is 9.93. The van der Waals surface area contributed by atoms with Crippen molar-refractivity contribution in [1.29, 1.82) is 0 Å². The molecule has 1 aromatic carbocycles. The van der Waals surface area contributed by atoms with Crippen LogP contribution in [-0.4, -0.2) is 6.54 Å². The molecule has 0 bridgehead atoms. The summed E-state index contributed by atoms with van der Waals surface area (Å²) >= 11 is 6.30. The lowest BCUT2D eigenvalue weighted by Crippen LogP contribution is -1.97. The molecule has 0 spiro atoms. The molecule has 2 heteroatoms. The van der Waals surface area contributed by atoms with Crippen LogP contribution in [0.2, 0.25) is 5.02 Å². The third-order valence-corrected chi connectivity index (χ3v) is 3.22. The third kappa shape index (κ3) is 3.36. The van der Waals surface area contributed by atoms with Gasteiger partial charge >= 0.3 is 0 Å². The topological polar surface area (TPSA) is 26.0 Å². The molecule has 0 heterocycles. The average molecular weight is 238 g/mol. The summed E-state index contributed by atoms with van der Waals surface area (Å²) in [4.78, 5) is 0. The van der Waals surface area contributed by atoms with E-state index in [-0.39, 0.29) is 0 Å². The Balaban J connectivity index is 2.94. The first-order valence-electron chi connectivity index (χ1n) is 5.88. The van der Waals surface area contributed by atoms with Crippen molar-refractivity contribution in [2.45, 2.75) is 32.6 Å². The van der Waals surface area contributed by atoms with E-state index in [4.69, 9.17) is 17.3 Å². The van der Waals surface area contributed by atoms with Crippen LogP contribution in [-0.2, 0) is 0 Å². The van der Waals surface area contributed by atoms with Crippen molar-refractivity contribution in [2.75, 3.05) is 6.54 Å². The Morgan fingerprint density at radius 2 is 2.00 bits per heavy atom. The molecule has 0 fully saturated rings. The van der Waals surface area contributed by atoms with Gasteiger partial charge in [0.05, 0.1) is 0 Å². The molecule has 1 aromatic rings. The van der Waals surface area contributed by atoms with E-state index in [0.29, 0.717) is 12.5 Å². The van der Waals surface area contributed by atoms with E-state index < -0.39 is 0 Å². The Hall–Kier alpha value is -0.790. The van der Waals surface area contributed by atoms with Gasteiger partial charge in [0.1, 0.15) is 0 Å². The van der Waals surface area contributed by atoms with Crippen LogP contribution in [0.5, 0.6) is 0 Å². The van der Waals surface area contributed by atoms with E-state index in [1.54, 1.807) is 0 Å². The lowest BCUT2D eigenvalue weighted by Gasteiger charge is -2.14. The van der Waals surface area contributed by atoms with Crippen molar-refractivity contribution in [3.8, 4) is 0 Å². The molecule has 16 heavy (non-hydrogen) atoms. The Morgan fingerprint density at radius 3 is 2.50 bits per heavy atom. The van der Waals surface area contributed by atoms with Crippen LogP contribution < -0.4 is 5.73 Å². The molecule has 0 aliphatic heterocycles. The number of hydrogen-bond donors (Lipinski definition) is 1. The minimum absolute atomic E-state index is 0.561. The molecule has 0 saturated heterocycles. The molecule has 0 aromatic heterocycles. The molecule has 88 valence electrons. The second-order valence-corrected chi connectivity index (χ2v) is 4.34. The molecule has 0 aliphatic carbocycles. The van der Waals surface area contributed by atoms with E-state index in [1.165, 1.54) is 5.56 Å². The minimum Gasteiger partial charge on any atom is -0.327 e. The second kappa shape index (κ2) is 6.72. The number of halogens is 1. The molecule has 0 radical (unpaired) electrons. The molecule has 0 amide bonds. The monoisotopic (exact) mass is 237 g/mol. The zero-order chi connectivity index (χ0) is 12.0. The highest BCUT2D eigenvalue weighted by atomic mass is 35.5. The van der Waals surface area contributed by atoms with Gasteiger partial charge in [-0.1, -0.05) is 49.7 Å². The first-order chi connectivity index (χ1) is 7.72. The SMILES string of the molecule is CCC(CC)c1ccc(/C=C/CN)cc1Cl. The third-order valence-electron chi connectivity index (χ3n) is 2.90. The van der Waals surface area contributed by atoms with Gasteiger partial charge < -0.3 is 5.73 Å². The smallest absolute Gasteiger partial charge is 0.0446 e. The van der Waals surface area contributed by atoms with Gasteiger partial charge in [-0.2, -0.15) is 0 Å². The van der Waals surface area contributed by atoms with Crippen LogP contribution in [0.25, 0.3) is 6.08 Å². The van der Waals surface area contributed by atoms with Crippen LogP contribution in [0.4, 0.5) is 0 Å². The fourth-order valence-corrected chi connectivity index (χ4v) is 2.25. The van der Waals surface area contributed by atoms with Crippen LogP contribution in [0.3, 0.4) is 0 Å². The van der Waals surface area contributed by atoms with Gasteiger partial charge in [0, 0.05) is 11.6 Å². The van der Waals surface area contributed by atoms with E-state index in [2.05, 4.69) is 26.0 Å². The van der Waals surface area contributed by atoms with Crippen LogP contribution >= 0.6 is 11.6 Å². The summed E-state index contributed by atoms with van der Waals surface area (Å²) in [5, 5.41) is 0.868. The molecule has 0 saturated carbocycles. The maximum absolute atomic E-state index is 6.30. The maximum atomic E-state index is 6.30. The largest absolute Gasteiger partial charge is 0.327 e. The summed E-state index contributed by atoms with van der Waals surface area (Å²) in [6.07, 6.45) is 6.20. The van der Waals surface area contributed by atoms with Crippen molar-refractivity contribution in [3.05, 3.63) is 40.4 Å². The molecule has 0 aliphatic rings. The van der Waals surface area contributed by atoms with Gasteiger partial charge in [0.2, 0.25) is 0 Å². The van der Waals surface area contributed by atoms with Crippen LogP contribution in [0.1, 0.15) is 43.7 Å². The fourth-order valence-electron chi connectivity index (χ4n) is 1.91. The zero-order valence-corrected chi connectivity index (χ0v) is 10.8. The summed E-state index contributed by atoms with van der Waals surface area (Å²) in [5.41, 5.74) is 7.79. The van der Waals surface area contributed by atoms with Gasteiger partial charge in [-0.3, -0.25) is 0 Å². The Labute approximate surface area is 103 Å². The molecule has 1 rings (SSSR count). The van der Waals surface area contributed by atoms with Crippen molar-refractivity contribution < 1.29 is 0 Å². The first kappa shape index (κ1) is 13.3. The summed E-state index contributed by atoms with van der Waals surface area (Å²) in [6, 6.07) is 6.25. The first-order valence-corrected chi connectivity index (χ1v) is 6.26. The number of nitrogens with two attached hydrogens (primary N) is 1. The average Bonchev–Trinajstić information content (AvgIpc) is 2.30. The highest BCUT2D eigenvalue weighted by molar-refractivity contribution is 6.31. The van der Waals surface area contributed by atoms with Gasteiger partial charge in [0.25, 0.3) is 0 Å². The lowest BCUT2D eigenvalue weighted by molar-refractivity contribution is 0.642. The zero-order valence-electron chi connectivity index (χ0n) is 10.0. The van der Waals surface area contributed by atoms with Gasteiger partial charge in [0.15, 0.2) is 0 Å². The molecule has 2 N–H and O–H groups in total. The standard InChI is InChI=1S/C14H20ClN/c1-3-12(4-2)13-8-7-11(6-5-9-16)10-14(13)15/h5-8,10,12H,3-4,9,16H2,1-2H3/b6-5+. The van der Waals surface area contributed by atoms with Gasteiger partial charge in [-0.05, 0) is 36.0 Å². The van der Waals surface area contributed by atoms with Crippen molar-refractivity contribution in [2.24, 2.45) is 5.73 Å². The molecular weight excluding hydrogens is 218 g/mol. The van der Waals surface area contributed by atoms with E-state index in [1.807, 2.05) is 18.2 Å². The summed E-state index contributed by atoms with van der Waals surface area (Å²) in [5.74, 6) is 0.569. The van der Waals surface area contributed by atoms with Crippen molar-refractivity contribution in [3.63, 3.8) is 0 Å². The molecule has 1 nitrogen and oxygen atoms in total. The minimum atomic E-state index is 0.561. The van der Waals surface area contributed by atoms with Gasteiger partial charge in [-0.15, -0.1) is 0 Å². The predicted molar refractivity (Wildman–Crippen MR) is 72.9 cm³/mol. The Kier molecular flexibility index (Phi) is 5.58. The van der Waals surface area contributed by atoms with Crippen molar-refractivity contribution in [1.82, 2.24) is 0 Å². The van der Waals surface area contributed by atoms with E-state index in [9.17, 15) is 0 Å². The normalized spacial score (nSPS) is 11.6. The second-order valence-electron chi connectivity index (χ2n) is 3.93. The molecule has 0 atom stereocenters.